The van der Waals surface area contributed by atoms with E-state index in [0.717, 1.165) is 92.5 Å². The molecule has 0 spiro atoms. The molecule has 0 bridgehead atoms. The van der Waals surface area contributed by atoms with Crippen LogP contribution in [-0.4, -0.2) is 19.6 Å². The number of aryl methyl sites for hydroxylation is 1. The smallest absolute Gasteiger partial charge is 0.149 e. The Morgan fingerprint density at radius 2 is 1.04 bits per heavy atom. The van der Waals surface area contributed by atoms with E-state index >= 15 is 0 Å². The first-order valence-electron chi connectivity index (χ1n) is 29.2. The second-order valence-corrected chi connectivity index (χ2v) is 26.2. The molecule has 0 amide bonds. The molecule has 2 aromatic heterocycles. The van der Waals surface area contributed by atoms with Gasteiger partial charge in [-0.1, -0.05) is 197 Å². The van der Waals surface area contributed by atoms with Crippen molar-refractivity contribution in [2.45, 2.75) is 190 Å². The zero-order chi connectivity index (χ0) is 57.3. The molecule has 1 N–H and O–H groups in total. The number of phenols is 1. The molecule has 0 aliphatic heterocycles. The summed E-state index contributed by atoms with van der Waals surface area (Å²) >= 11 is 0. The molecule has 4 heteroatoms. The van der Waals surface area contributed by atoms with E-state index < -0.39 is 12.3 Å². The minimum atomic E-state index is -2.54. The maximum atomic E-state index is 12.8. The topological polar surface area (TPSA) is 50.9 Å². The molecule has 0 unspecified atom stereocenters. The highest BCUT2D eigenvalue weighted by Gasteiger charge is 2.34. The van der Waals surface area contributed by atoms with E-state index in [9.17, 15) is 9.22 Å². The van der Waals surface area contributed by atoms with Crippen molar-refractivity contribution < 1.29 is 9.22 Å². The monoisotopic (exact) mass is 1000 g/mol. The number of aromatic nitrogens is 3. The van der Waals surface area contributed by atoms with E-state index in [0.29, 0.717) is 22.6 Å². The Bertz CT molecular complexity index is 3470. The van der Waals surface area contributed by atoms with Crippen LogP contribution in [0.4, 0.5) is 0 Å². The first-order chi connectivity index (χ1) is 36.3. The molecule has 6 aromatic carbocycles. The van der Waals surface area contributed by atoms with Gasteiger partial charge in [0, 0.05) is 27.0 Å². The van der Waals surface area contributed by atoms with Crippen LogP contribution in [0.25, 0.3) is 72.7 Å². The summed E-state index contributed by atoms with van der Waals surface area (Å²) in [6, 6.07) is 43.0. The van der Waals surface area contributed by atoms with Gasteiger partial charge in [-0.15, -0.1) is 0 Å². The number of hydrogen-bond acceptors (Lipinski definition) is 3. The fourth-order valence-corrected chi connectivity index (χ4v) is 10.9. The van der Waals surface area contributed by atoms with E-state index in [1.807, 2.05) is 35.0 Å². The SMILES string of the molecule is [2H]C([2H])([2H])c1cc(-c2c(C(C)(CC)CC)cccc2C(C)(CC)CC)ccc1-n1c(-c2cc(C(C)(C)C)cc(C(C)(C)C)c2O)nc2c(-c3cc(-c4cc(-c5ccc(C(C)(C)C)cc5)ccn4)cc(C(C)(C)C)c3)cccc21. The van der Waals surface area contributed by atoms with Gasteiger partial charge in [0.05, 0.1) is 28.0 Å². The van der Waals surface area contributed by atoms with Gasteiger partial charge in [-0.05, 0) is 175 Å². The molecular weight excluding hydrogens is 911 g/mol. The van der Waals surface area contributed by atoms with Gasteiger partial charge < -0.3 is 5.11 Å². The van der Waals surface area contributed by atoms with Crippen molar-refractivity contribution in [2.75, 3.05) is 0 Å². The minimum absolute atomic E-state index is 0.0493. The second kappa shape index (κ2) is 20.0. The molecular formula is C71H87N3O. The van der Waals surface area contributed by atoms with Crippen LogP contribution >= 0.6 is 0 Å². The molecule has 0 fully saturated rings. The number of phenolic OH excluding ortho intramolecular Hbond substituents is 1. The van der Waals surface area contributed by atoms with Crippen LogP contribution in [0.3, 0.4) is 0 Å². The molecule has 8 rings (SSSR count). The average Bonchev–Trinajstić information content (AvgIpc) is 3.78. The van der Waals surface area contributed by atoms with Crippen molar-refractivity contribution in [3.63, 3.8) is 0 Å². The molecule has 0 aliphatic rings. The van der Waals surface area contributed by atoms with Crippen molar-refractivity contribution in [1.29, 1.82) is 0 Å². The lowest BCUT2D eigenvalue weighted by Crippen LogP contribution is -2.25. The van der Waals surface area contributed by atoms with Crippen LogP contribution in [0, 0.1) is 6.85 Å². The van der Waals surface area contributed by atoms with Crippen LogP contribution in [0.5, 0.6) is 5.75 Å². The Morgan fingerprint density at radius 1 is 0.480 bits per heavy atom. The predicted molar refractivity (Wildman–Crippen MR) is 323 cm³/mol. The largest absolute Gasteiger partial charge is 0.507 e. The van der Waals surface area contributed by atoms with Gasteiger partial charge in [0.1, 0.15) is 11.6 Å². The zero-order valence-corrected chi connectivity index (χ0v) is 48.7. The van der Waals surface area contributed by atoms with Gasteiger partial charge in [0.15, 0.2) is 0 Å². The first kappa shape index (κ1) is 50.9. The van der Waals surface area contributed by atoms with Crippen molar-refractivity contribution in [2.24, 2.45) is 0 Å². The summed E-state index contributed by atoms with van der Waals surface area (Å²) in [5.41, 5.74) is 16.2. The Balaban J connectivity index is 1.46. The zero-order valence-electron chi connectivity index (χ0n) is 51.7. The van der Waals surface area contributed by atoms with Gasteiger partial charge in [0.2, 0.25) is 0 Å². The number of nitrogens with zero attached hydrogens (tertiary/aromatic N) is 3. The highest BCUT2D eigenvalue weighted by atomic mass is 16.3. The summed E-state index contributed by atoms with van der Waals surface area (Å²) in [7, 11) is 0. The number of aromatic hydroxyl groups is 1. The first-order valence-corrected chi connectivity index (χ1v) is 27.7. The Kier molecular flexibility index (Phi) is 13.6. The summed E-state index contributed by atoms with van der Waals surface area (Å²) in [6.07, 6.45) is 5.66. The number of imidazole rings is 1. The number of rotatable bonds is 12. The molecule has 0 atom stereocenters. The third-order valence-corrected chi connectivity index (χ3v) is 17.0. The summed E-state index contributed by atoms with van der Waals surface area (Å²) in [6.45, 7) is 37.5. The summed E-state index contributed by atoms with van der Waals surface area (Å²) in [5.74, 6) is 0.603. The van der Waals surface area contributed by atoms with Crippen molar-refractivity contribution >= 4 is 11.0 Å². The maximum Gasteiger partial charge on any atom is 0.149 e. The minimum Gasteiger partial charge on any atom is -0.507 e. The summed E-state index contributed by atoms with van der Waals surface area (Å²) in [4.78, 5) is 10.7. The van der Waals surface area contributed by atoms with Crippen molar-refractivity contribution in [1.82, 2.24) is 14.5 Å². The number of pyridine rings is 1. The lowest BCUT2D eigenvalue weighted by Gasteiger charge is -2.36. The van der Waals surface area contributed by atoms with Crippen LogP contribution in [0.1, 0.15) is 193 Å². The molecule has 392 valence electrons. The standard InChI is InChI=1S/C71H87N3O/c1-20-70(18,21-2)56-27-25-28-57(71(19,22-3)23-4)62(56)48-32-35-60(45(5)38-48)74-61-29-24-26-54(63(61)73-65(74)55-43-53(68(12,13)14)44-58(64(55)75)69(15,16)17)49-39-50(41-52(40-49)67(9,10)11)59-42-47(36-37-72-59)46-30-33-51(34-31-46)66(6,7)8/h24-44,75H,20-23H2,1-19H3/i5D3. The van der Waals surface area contributed by atoms with Gasteiger partial charge in [-0.25, -0.2) is 4.98 Å². The van der Waals surface area contributed by atoms with E-state index in [1.165, 1.54) is 16.7 Å². The Morgan fingerprint density at radius 3 is 1.60 bits per heavy atom. The van der Waals surface area contributed by atoms with Crippen molar-refractivity contribution in [3.05, 3.63) is 166 Å². The molecule has 8 aromatic rings. The normalized spacial score (nSPS) is 13.8. The third kappa shape index (κ3) is 10.5. The highest BCUT2D eigenvalue weighted by Crippen LogP contribution is 2.48. The summed E-state index contributed by atoms with van der Waals surface area (Å²) in [5, 5.41) is 12.8. The lowest BCUT2D eigenvalue weighted by atomic mass is 9.68. The number of benzene rings is 6. The molecule has 75 heavy (non-hydrogen) atoms. The molecule has 0 saturated heterocycles. The van der Waals surface area contributed by atoms with Gasteiger partial charge in [0.25, 0.3) is 0 Å². The van der Waals surface area contributed by atoms with E-state index in [2.05, 4.69) is 222 Å². The maximum absolute atomic E-state index is 12.8. The van der Waals surface area contributed by atoms with Crippen LogP contribution in [0.2, 0.25) is 0 Å². The van der Waals surface area contributed by atoms with Gasteiger partial charge >= 0.3 is 0 Å². The third-order valence-electron chi connectivity index (χ3n) is 17.0. The Labute approximate surface area is 456 Å². The quantitative estimate of drug-likeness (QED) is 0.133. The van der Waals surface area contributed by atoms with Crippen LogP contribution in [-0.2, 0) is 32.5 Å². The molecule has 4 nitrogen and oxygen atoms in total. The predicted octanol–water partition coefficient (Wildman–Crippen LogP) is 20.1. The second-order valence-electron chi connectivity index (χ2n) is 26.2. The van der Waals surface area contributed by atoms with Crippen LogP contribution < -0.4 is 0 Å². The number of hydrogen-bond donors (Lipinski definition) is 1. The fourth-order valence-electron chi connectivity index (χ4n) is 10.9. The van der Waals surface area contributed by atoms with Gasteiger partial charge in [-0.2, -0.15) is 0 Å². The fraction of sp³-hybridized carbons (Fsp3) is 0.408. The molecule has 2 heterocycles. The molecule has 0 radical (unpaired) electrons. The van der Waals surface area contributed by atoms with E-state index in [4.69, 9.17) is 9.97 Å². The Hall–Kier alpha value is -6.26. The van der Waals surface area contributed by atoms with E-state index in [1.54, 1.807) is 0 Å². The summed E-state index contributed by atoms with van der Waals surface area (Å²) < 4.78 is 30.3. The number of fused-ring (bicyclic) bond motifs is 1. The van der Waals surface area contributed by atoms with E-state index in [-0.39, 0.29) is 38.4 Å². The highest BCUT2D eigenvalue weighted by molar-refractivity contribution is 5.97. The van der Waals surface area contributed by atoms with Crippen molar-refractivity contribution in [3.8, 4) is 67.5 Å². The van der Waals surface area contributed by atoms with Gasteiger partial charge in [-0.3, -0.25) is 9.55 Å². The number of para-hydroxylation sites is 1. The average molecular weight is 1000 g/mol. The van der Waals surface area contributed by atoms with Crippen LogP contribution in [0.15, 0.2) is 128 Å². The molecule has 0 aliphatic carbocycles. The lowest BCUT2D eigenvalue weighted by molar-refractivity contribution is 0.426. The molecule has 0 saturated carbocycles.